The van der Waals surface area contributed by atoms with Gasteiger partial charge in [0.1, 0.15) is 11.1 Å². The predicted molar refractivity (Wildman–Crippen MR) is 71.5 cm³/mol. The summed E-state index contributed by atoms with van der Waals surface area (Å²) in [4.78, 5) is 0. The Labute approximate surface area is 107 Å². The summed E-state index contributed by atoms with van der Waals surface area (Å²) in [7, 11) is 0. The molecule has 0 aliphatic heterocycles. The van der Waals surface area contributed by atoms with Crippen LogP contribution in [-0.2, 0) is 6.42 Å². The van der Waals surface area contributed by atoms with Gasteiger partial charge in [0.25, 0.3) is 0 Å². The van der Waals surface area contributed by atoms with Crippen molar-refractivity contribution in [2.24, 2.45) is 0 Å². The first kappa shape index (κ1) is 12.3. The average Bonchev–Trinajstić information content (AvgIpc) is 2.90. The summed E-state index contributed by atoms with van der Waals surface area (Å²) >= 11 is 6.34. The third-order valence-corrected chi connectivity index (χ3v) is 3.35. The zero-order valence-corrected chi connectivity index (χ0v) is 10.8. The van der Waals surface area contributed by atoms with E-state index in [1.54, 1.807) is 6.26 Å². The van der Waals surface area contributed by atoms with Crippen LogP contribution < -0.4 is 0 Å². The highest BCUT2D eigenvalue weighted by molar-refractivity contribution is 6.22. The van der Waals surface area contributed by atoms with E-state index in [0.717, 1.165) is 17.7 Å². The van der Waals surface area contributed by atoms with E-state index in [1.807, 2.05) is 12.1 Å². The van der Waals surface area contributed by atoms with Crippen molar-refractivity contribution in [1.82, 2.24) is 0 Å². The summed E-state index contributed by atoms with van der Waals surface area (Å²) in [6, 6.07) is 12.3. The van der Waals surface area contributed by atoms with E-state index in [-0.39, 0.29) is 5.38 Å². The molecule has 1 unspecified atom stereocenters. The monoisotopic (exact) mass is 248 g/mol. The zero-order valence-electron chi connectivity index (χ0n) is 10.0. The normalized spacial score (nSPS) is 12.6. The summed E-state index contributed by atoms with van der Waals surface area (Å²) in [5, 5.41) is -0.190. The Hall–Kier alpha value is -1.21. The van der Waals surface area contributed by atoms with Crippen LogP contribution in [0.25, 0.3) is 0 Å². The van der Waals surface area contributed by atoms with Gasteiger partial charge in [0.2, 0.25) is 0 Å². The van der Waals surface area contributed by atoms with Gasteiger partial charge in [0, 0.05) is 0 Å². The van der Waals surface area contributed by atoms with Crippen LogP contribution in [-0.4, -0.2) is 0 Å². The molecular weight excluding hydrogens is 232 g/mol. The van der Waals surface area contributed by atoms with Gasteiger partial charge in [-0.3, -0.25) is 0 Å². The third kappa shape index (κ3) is 3.13. The van der Waals surface area contributed by atoms with E-state index < -0.39 is 0 Å². The second-order valence-corrected chi connectivity index (χ2v) is 4.66. The van der Waals surface area contributed by atoms with Gasteiger partial charge in [0.05, 0.1) is 6.26 Å². The second kappa shape index (κ2) is 5.92. The van der Waals surface area contributed by atoms with Gasteiger partial charge >= 0.3 is 0 Å². The lowest BCUT2D eigenvalue weighted by molar-refractivity contribution is 0.516. The number of rotatable bonds is 5. The molecule has 0 fully saturated rings. The molecule has 1 aromatic heterocycles. The number of hydrogen-bond acceptors (Lipinski definition) is 1. The summed E-state index contributed by atoms with van der Waals surface area (Å²) in [6.07, 6.45) is 5.26. The number of aryl methyl sites for hydroxylation is 1. The Bertz CT molecular complexity index is 430. The highest BCUT2D eigenvalue weighted by atomic mass is 35.5. The van der Waals surface area contributed by atoms with Crippen LogP contribution in [0.15, 0.2) is 47.1 Å². The van der Waals surface area contributed by atoms with E-state index in [0.29, 0.717) is 0 Å². The highest BCUT2D eigenvalue weighted by Crippen LogP contribution is 2.29. The van der Waals surface area contributed by atoms with Crippen LogP contribution >= 0.6 is 11.6 Å². The summed E-state index contributed by atoms with van der Waals surface area (Å²) < 4.78 is 5.31. The first-order chi connectivity index (χ1) is 8.31. The number of unbranched alkanes of at least 4 members (excludes halogenated alkanes) is 1. The van der Waals surface area contributed by atoms with Gasteiger partial charge in [-0.15, -0.1) is 11.6 Å². The quantitative estimate of drug-likeness (QED) is 0.683. The molecule has 1 aromatic carbocycles. The lowest BCUT2D eigenvalue weighted by atomic mass is 10.0. The van der Waals surface area contributed by atoms with Crippen molar-refractivity contribution < 1.29 is 4.42 Å². The number of halogens is 1. The molecule has 0 radical (unpaired) electrons. The molecule has 0 saturated heterocycles. The molecule has 0 spiro atoms. The Kier molecular flexibility index (Phi) is 4.27. The lowest BCUT2D eigenvalue weighted by Gasteiger charge is -2.08. The van der Waals surface area contributed by atoms with Crippen molar-refractivity contribution >= 4 is 11.6 Å². The van der Waals surface area contributed by atoms with E-state index in [9.17, 15) is 0 Å². The molecule has 0 N–H and O–H groups in total. The molecule has 0 bridgehead atoms. The van der Waals surface area contributed by atoms with Gasteiger partial charge in [0.15, 0.2) is 0 Å². The molecule has 0 aliphatic rings. The molecule has 2 heteroatoms. The van der Waals surface area contributed by atoms with Crippen LogP contribution in [0.1, 0.15) is 42.0 Å². The molecular formula is C15H17ClO. The van der Waals surface area contributed by atoms with Gasteiger partial charge in [-0.1, -0.05) is 37.6 Å². The zero-order chi connectivity index (χ0) is 12.1. The summed E-state index contributed by atoms with van der Waals surface area (Å²) in [5.41, 5.74) is 2.46. The Balaban J connectivity index is 2.07. The van der Waals surface area contributed by atoms with E-state index in [4.69, 9.17) is 16.0 Å². The molecule has 2 rings (SSSR count). The van der Waals surface area contributed by atoms with Gasteiger partial charge in [-0.2, -0.15) is 0 Å². The van der Waals surface area contributed by atoms with Crippen molar-refractivity contribution in [3.05, 3.63) is 59.5 Å². The fourth-order valence-corrected chi connectivity index (χ4v) is 2.10. The van der Waals surface area contributed by atoms with Crippen LogP contribution in [0.4, 0.5) is 0 Å². The maximum Gasteiger partial charge on any atom is 0.126 e. The molecule has 0 saturated carbocycles. The van der Waals surface area contributed by atoms with Crippen molar-refractivity contribution in [1.29, 1.82) is 0 Å². The molecule has 0 amide bonds. The van der Waals surface area contributed by atoms with Crippen LogP contribution in [0.2, 0.25) is 0 Å². The second-order valence-electron chi connectivity index (χ2n) is 4.22. The number of alkyl halides is 1. The fourth-order valence-electron chi connectivity index (χ4n) is 1.83. The maximum absolute atomic E-state index is 6.34. The highest BCUT2D eigenvalue weighted by Gasteiger charge is 2.12. The third-order valence-electron chi connectivity index (χ3n) is 2.88. The standard InChI is InChI=1S/C15H17ClO/c1-2-3-5-12-7-9-13(10-8-12)15(16)14-6-4-11-17-14/h4,6-11,15H,2-3,5H2,1H3. The van der Waals surface area contributed by atoms with Crippen LogP contribution in [0.3, 0.4) is 0 Å². The first-order valence-corrected chi connectivity index (χ1v) is 6.51. The SMILES string of the molecule is CCCCc1ccc(C(Cl)c2ccco2)cc1. The van der Waals surface area contributed by atoms with Crippen molar-refractivity contribution in [2.75, 3.05) is 0 Å². The number of furan rings is 1. The topological polar surface area (TPSA) is 13.1 Å². The summed E-state index contributed by atoms with van der Waals surface area (Å²) in [5.74, 6) is 0.799. The molecule has 2 aromatic rings. The molecule has 17 heavy (non-hydrogen) atoms. The van der Waals surface area contributed by atoms with E-state index >= 15 is 0 Å². The van der Waals surface area contributed by atoms with Crippen molar-refractivity contribution in [3.63, 3.8) is 0 Å². The Morgan fingerprint density at radius 1 is 1.18 bits per heavy atom. The number of hydrogen-bond donors (Lipinski definition) is 0. The van der Waals surface area contributed by atoms with Gasteiger partial charge in [-0.05, 0) is 36.1 Å². The van der Waals surface area contributed by atoms with E-state index in [2.05, 4.69) is 31.2 Å². The molecule has 90 valence electrons. The van der Waals surface area contributed by atoms with Crippen LogP contribution in [0, 0.1) is 0 Å². The van der Waals surface area contributed by atoms with Crippen molar-refractivity contribution in [2.45, 2.75) is 31.6 Å². The molecule has 0 aliphatic carbocycles. The average molecular weight is 249 g/mol. The number of benzene rings is 1. The Morgan fingerprint density at radius 2 is 1.94 bits per heavy atom. The van der Waals surface area contributed by atoms with Crippen molar-refractivity contribution in [3.8, 4) is 0 Å². The Morgan fingerprint density at radius 3 is 2.53 bits per heavy atom. The molecule has 1 atom stereocenters. The van der Waals surface area contributed by atoms with E-state index in [1.165, 1.54) is 18.4 Å². The first-order valence-electron chi connectivity index (χ1n) is 6.07. The maximum atomic E-state index is 6.34. The fraction of sp³-hybridized carbons (Fsp3) is 0.333. The smallest absolute Gasteiger partial charge is 0.126 e. The predicted octanol–water partition coefficient (Wildman–Crippen LogP) is 4.95. The molecule has 1 nitrogen and oxygen atoms in total. The molecule has 1 heterocycles. The summed E-state index contributed by atoms with van der Waals surface area (Å²) in [6.45, 7) is 2.21. The van der Waals surface area contributed by atoms with Crippen LogP contribution in [0.5, 0.6) is 0 Å². The minimum absolute atomic E-state index is 0.190. The van der Waals surface area contributed by atoms with Gasteiger partial charge < -0.3 is 4.42 Å². The largest absolute Gasteiger partial charge is 0.467 e. The minimum Gasteiger partial charge on any atom is -0.467 e. The van der Waals surface area contributed by atoms with Gasteiger partial charge in [-0.25, -0.2) is 0 Å². The lowest BCUT2D eigenvalue weighted by Crippen LogP contribution is -1.92. The minimum atomic E-state index is -0.190.